The third kappa shape index (κ3) is 4.10. The van der Waals surface area contributed by atoms with E-state index < -0.39 is 10.8 Å². The lowest BCUT2D eigenvalue weighted by Crippen LogP contribution is -2.19. The van der Waals surface area contributed by atoms with Gasteiger partial charge in [-0.15, -0.1) is 0 Å². The molecular formula is C12H18N2O3S. The van der Waals surface area contributed by atoms with Crippen molar-refractivity contribution in [3.63, 3.8) is 0 Å². The third-order valence-corrected chi connectivity index (χ3v) is 3.49. The van der Waals surface area contributed by atoms with Crippen LogP contribution in [0.2, 0.25) is 0 Å². The largest absolute Gasteiger partial charge is 0.377 e. The van der Waals surface area contributed by atoms with E-state index in [1.165, 1.54) is 6.07 Å². The number of anilines is 1. The Morgan fingerprint density at radius 2 is 2.17 bits per heavy atom. The number of benzene rings is 1. The lowest BCUT2D eigenvalue weighted by molar-refractivity contribution is -0.384. The van der Waals surface area contributed by atoms with Gasteiger partial charge in [0.25, 0.3) is 5.69 Å². The molecule has 0 radical (unpaired) electrons. The predicted octanol–water partition coefficient (Wildman–Crippen LogP) is 2.47. The predicted molar refractivity (Wildman–Crippen MR) is 74.5 cm³/mol. The zero-order chi connectivity index (χ0) is 13.7. The molecule has 0 aliphatic carbocycles. The highest BCUT2D eigenvalue weighted by atomic mass is 32.2. The van der Waals surface area contributed by atoms with Crippen molar-refractivity contribution in [1.82, 2.24) is 0 Å². The number of para-hydroxylation sites is 1. The molecule has 100 valence electrons. The smallest absolute Gasteiger partial charge is 0.292 e. The van der Waals surface area contributed by atoms with Gasteiger partial charge in [0, 0.05) is 34.9 Å². The Kier molecular flexibility index (Phi) is 5.27. The van der Waals surface area contributed by atoms with Gasteiger partial charge >= 0.3 is 0 Å². The van der Waals surface area contributed by atoms with Crippen LogP contribution in [0.15, 0.2) is 18.2 Å². The molecule has 1 rings (SSSR count). The third-order valence-electron chi connectivity index (χ3n) is 2.68. The first-order chi connectivity index (χ1) is 8.41. The number of rotatable bonds is 6. The molecule has 0 fully saturated rings. The average Bonchev–Trinajstić information content (AvgIpc) is 2.28. The summed E-state index contributed by atoms with van der Waals surface area (Å²) in [5.41, 5.74) is 1.48. The summed E-state index contributed by atoms with van der Waals surface area (Å²) in [5, 5.41) is 14.1. The van der Waals surface area contributed by atoms with Crippen LogP contribution in [0.4, 0.5) is 11.4 Å². The van der Waals surface area contributed by atoms with E-state index in [4.69, 9.17) is 0 Å². The van der Waals surface area contributed by atoms with Gasteiger partial charge in [-0.2, -0.15) is 0 Å². The standard InChI is InChI=1S/C12H18N2O3S/c1-9-5-4-6-11(14(15)16)12(9)13-10(2)7-8-18(3)17/h4-6,10,13H,7-8H2,1-3H3. The first kappa shape index (κ1) is 14.6. The van der Waals surface area contributed by atoms with Crippen molar-refractivity contribution < 1.29 is 9.13 Å². The van der Waals surface area contributed by atoms with Crippen LogP contribution < -0.4 is 5.32 Å². The van der Waals surface area contributed by atoms with E-state index in [9.17, 15) is 14.3 Å². The van der Waals surface area contributed by atoms with E-state index in [0.717, 1.165) is 5.56 Å². The van der Waals surface area contributed by atoms with Crippen molar-refractivity contribution >= 4 is 22.2 Å². The number of hydrogen-bond acceptors (Lipinski definition) is 4. The summed E-state index contributed by atoms with van der Waals surface area (Å²) in [7, 11) is -0.838. The van der Waals surface area contributed by atoms with E-state index in [1.54, 1.807) is 12.3 Å². The molecule has 2 atom stereocenters. The van der Waals surface area contributed by atoms with Gasteiger partial charge in [0.05, 0.1) is 4.92 Å². The van der Waals surface area contributed by atoms with E-state index in [1.807, 2.05) is 19.9 Å². The Bertz CT molecular complexity index is 463. The van der Waals surface area contributed by atoms with Crippen LogP contribution >= 0.6 is 0 Å². The topological polar surface area (TPSA) is 72.2 Å². The highest BCUT2D eigenvalue weighted by molar-refractivity contribution is 7.84. The summed E-state index contributed by atoms with van der Waals surface area (Å²) in [4.78, 5) is 10.5. The van der Waals surface area contributed by atoms with Crippen LogP contribution in [0.25, 0.3) is 0 Å². The fraction of sp³-hybridized carbons (Fsp3) is 0.500. The Morgan fingerprint density at radius 3 is 2.72 bits per heavy atom. The number of hydrogen-bond donors (Lipinski definition) is 1. The molecule has 0 amide bonds. The molecule has 18 heavy (non-hydrogen) atoms. The van der Waals surface area contributed by atoms with Gasteiger partial charge in [-0.05, 0) is 25.8 Å². The van der Waals surface area contributed by atoms with Gasteiger partial charge in [-0.1, -0.05) is 12.1 Å². The Labute approximate surface area is 109 Å². The minimum absolute atomic E-state index is 0.0497. The van der Waals surface area contributed by atoms with Crippen molar-refractivity contribution in [3.8, 4) is 0 Å². The summed E-state index contributed by atoms with van der Waals surface area (Å²) in [5.74, 6) is 0.591. The molecule has 0 aliphatic rings. The van der Waals surface area contributed by atoms with Gasteiger partial charge in [-0.3, -0.25) is 14.3 Å². The van der Waals surface area contributed by atoms with Crippen LogP contribution in [0.3, 0.4) is 0 Å². The highest BCUT2D eigenvalue weighted by Gasteiger charge is 2.17. The number of nitro groups is 1. The Hall–Kier alpha value is -1.43. The zero-order valence-corrected chi connectivity index (χ0v) is 11.6. The number of aryl methyl sites for hydroxylation is 1. The summed E-state index contributed by atoms with van der Waals surface area (Å²) < 4.78 is 11.0. The molecule has 0 saturated heterocycles. The molecule has 6 heteroatoms. The first-order valence-corrected chi connectivity index (χ1v) is 7.45. The maximum Gasteiger partial charge on any atom is 0.292 e. The van der Waals surface area contributed by atoms with E-state index >= 15 is 0 Å². The maximum atomic E-state index is 11.0. The molecule has 0 saturated carbocycles. The molecule has 1 aromatic carbocycles. The molecule has 0 spiro atoms. The van der Waals surface area contributed by atoms with Crippen LogP contribution in [-0.2, 0) is 10.8 Å². The van der Waals surface area contributed by atoms with Crippen molar-refractivity contribution in [2.75, 3.05) is 17.3 Å². The molecule has 5 nitrogen and oxygen atoms in total. The Morgan fingerprint density at radius 1 is 1.50 bits per heavy atom. The van der Waals surface area contributed by atoms with Gasteiger partial charge in [0.2, 0.25) is 0 Å². The fourth-order valence-corrected chi connectivity index (χ4v) is 2.34. The lowest BCUT2D eigenvalue weighted by atomic mass is 10.1. The van der Waals surface area contributed by atoms with Crippen LogP contribution in [0.5, 0.6) is 0 Å². The fourth-order valence-electron chi connectivity index (χ4n) is 1.65. The molecule has 1 N–H and O–H groups in total. The number of nitrogens with zero attached hydrogens (tertiary/aromatic N) is 1. The SMILES string of the molecule is Cc1cccc([N+](=O)[O-])c1NC(C)CCS(C)=O. The maximum absolute atomic E-state index is 11.0. The van der Waals surface area contributed by atoms with E-state index in [-0.39, 0.29) is 16.7 Å². The second-order valence-electron chi connectivity index (χ2n) is 4.34. The van der Waals surface area contributed by atoms with Crippen molar-refractivity contribution in [1.29, 1.82) is 0 Å². The summed E-state index contributed by atoms with van der Waals surface area (Å²) in [6.07, 6.45) is 2.37. The number of nitrogens with one attached hydrogen (secondary N) is 1. The van der Waals surface area contributed by atoms with Crippen molar-refractivity contribution in [3.05, 3.63) is 33.9 Å². The summed E-state index contributed by atoms with van der Waals surface area (Å²) in [6.45, 7) is 3.77. The summed E-state index contributed by atoms with van der Waals surface area (Å²) in [6, 6.07) is 5.04. The van der Waals surface area contributed by atoms with Gasteiger partial charge in [-0.25, -0.2) is 0 Å². The molecule has 2 unspecified atom stereocenters. The average molecular weight is 270 g/mol. The molecule has 0 heterocycles. The van der Waals surface area contributed by atoms with Crippen LogP contribution in [0.1, 0.15) is 18.9 Å². The first-order valence-electron chi connectivity index (χ1n) is 5.72. The molecule has 0 aliphatic heterocycles. The van der Waals surface area contributed by atoms with Gasteiger partial charge in [0.15, 0.2) is 0 Å². The highest BCUT2D eigenvalue weighted by Crippen LogP contribution is 2.28. The van der Waals surface area contributed by atoms with Gasteiger partial charge in [0.1, 0.15) is 5.69 Å². The van der Waals surface area contributed by atoms with Crippen molar-refractivity contribution in [2.24, 2.45) is 0 Å². The normalized spacial score (nSPS) is 13.9. The zero-order valence-electron chi connectivity index (χ0n) is 10.8. The molecule has 0 bridgehead atoms. The number of nitro benzene ring substituents is 1. The monoisotopic (exact) mass is 270 g/mol. The van der Waals surface area contributed by atoms with Crippen LogP contribution in [-0.4, -0.2) is 27.2 Å². The van der Waals surface area contributed by atoms with E-state index in [0.29, 0.717) is 17.9 Å². The Balaban J connectivity index is 2.83. The molecular weight excluding hydrogens is 252 g/mol. The van der Waals surface area contributed by atoms with Gasteiger partial charge < -0.3 is 5.32 Å². The minimum Gasteiger partial charge on any atom is -0.377 e. The molecule has 1 aromatic rings. The van der Waals surface area contributed by atoms with Crippen LogP contribution in [0, 0.1) is 17.0 Å². The second kappa shape index (κ2) is 6.49. The summed E-state index contributed by atoms with van der Waals surface area (Å²) >= 11 is 0. The van der Waals surface area contributed by atoms with E-state index in [2.05, 4.69) is 5.32 Å². The second-order valence-corrected chi connectivity index (χ2v) is 5.89. The van der Waals surface area contributed by atoms with Crippen molar-refractivity contribution in [2.45, 2.75) is 26.3 Å². The lowest BCUT2D eigenvalue weighted by Gasteiger charge is -2.16. The minimum atomic E-state index is -0.838. The molecule has 0 aromatic heterocycles. The quantitative estimate of drug-likeness (QED) is 0.636.